The average Bonchev–Trinajstić information content (AvgIpc) is 2.44. The van der Waals surface area contributed by atoms with Gasteiger partial charge in [0.1, 0.15) is 5.54 Å². The number of hydrogen-bond donors (Lipinski definition) is 2. The van der Waals surface area contributed by atoms with Crippen LogP contribution in [0.4, 0.5) is 0 Å². The smallest absolute Gasteiger partial charge is 0.324 e. The van der Waals surface area contributed by atoms with Crippen molar-refractivity contribution in [3.63, 3.8) is 0 Å². The van der Waals surface area contributed by atoms with Crippen LogP contribution in [0.25, 0.3) is 0 Å². The average molecular weight is 127 g/mol. The lowest BCUT2D eigenvalue weighted by Gasteiger charge is -1.99. The number of nitrogens with two attached hydrogens (primary N) is 1. The van der Waals surface area contributed by atoms with Gasteiger partial charge in [-0.1, -0.05) is 6.08 Å². The van der Waals surface area contributed by atoms with Crippen LogP contribution in [0.15, 0.2) is 12.7 Å². The number of carbonyl (C=O) groups is 1. The van der Waals surface area contributed by atoms with Gasteiger partial charge in [-0.25, -0.2) is 0 Å². The van der Waals surface area contributed by atoms with Gasteiger partial charge >= 0.3 is 5.97 Å². The summed E-state index contributed by atoms with van der Waals surface area (Å²) in [6, 6.07) is 0. The summed E-state index contributed by atoms with van der Waals surface area (Å²) < 4.78 is 0. The van der Waals surface area contributed by atoms with Gasteiger partial charge in [0, 0.05) is 5.92 Å². The lowest BCUT2D eigenvalue weighted by Crippen LogP contribution is -2.34. The molecule has 0 saturated heterocycles. The van der Waals surface area contributed by atoms with Gasteiger partial charge in [0.25, 0.3) is 0 Å². The summed E-state index contributed by atoms with van der Waals surface area (Å²) >= 11 is 0. The zero-order valence-electron chi connectivity index (χ0n) is 5.00. The van der Waals surface area contributed by atoms with Gasteiger partial charge in [-0.2, -0.15) is 0 Å². The lowest BCUT2D eigenvalue weighted by molar-refractivity contribution is -0.139. The molecule has 1 saturated carbocycles. The summed E-state index contributed by atoms with van der Waals surface area (Å²) in [5, 5.41) is 8.44. The first-order valence-electron chi connectivity index (χ1n) is 2.76. The molecule has 0 aromatic carbocycles. The maximum absolute atomic E-state index is 10.3. The van der Waals surface area contributed by atoms with Crippen molar-refractivity contribution in [1.29, 1.82) is 0 Å². The minimum Gasteiger partial charge on any atom is -0.480 e. The van der Waals surface area contributed by atoms with Crippen LogP contribution < -0.4 is 5.73 Å². The fourth-order valence-corrected chi connectivity index (χ4v) is 0.845. The van der Waals surface area contributed by atoms with Crippen LogP contribution in [-0.4, -0.2) is 16.6 Å². The van der Waals surface area contributed by atoms with Crippen molar-refractivity contribution >= 4 is 5.97 Å². The van der Waals surface area contributed by atoms with Gasteiger partial charge in [0.2, 0.25) is 0 Å². The van der Waals surface area contributed by atoms with E-state index >= 15 is 0 Å². The first-order valence-corrected chi connectivity index (χ1v) is 2.76. The van der Waals surface area contributed by atoms with Crippen molar-refractivity contribution < 1.29 is 9.90 Å². The van der Waals surface area contributed by atoms with Gasteiger partial charge in [0.05, 0.1) is 0 Å². The van der Waals surface area contributed by atoms with Crippen molar-refractivity contribution in [2.45, 2.75) is 12.0 Å². The SMILES string of the molecule is C=CC1CC1(N)C(=O)O. The van der Waals surface area contributed by atoms with Gasteiger partial charge in [-0.05, 0) is 6.42 Å². The molecule has 0 spiro atoms. The zero-order valence-corrected chi connectivity index (χ0v) is 5.00. The van der Waals surface area contributed by atoms with Gasteiger partial charge in [-0.15, -0.1) is 6.58 Å². The predicted molar refractivity (Wildman–Crippen MR) is 32.9 cm³/mol. The largest absolute Gasteiger partial charge is 0.480 e. The van der Waals surface area contributed by atoms with E-state index in [1.54, 1.807) is 6.08 Å². The molecule has 0 aromatic rings. The molecule has 1 rings (SSSR count). The topological polar surface area (TPSA) is 63.3 Å². The molecular weight excluding hydrogens is 118 g/mol. The summed E-state index contributed by atoms with van der Waals surface area (Å²) in [5.41, 5.74) is 4.39. The van der Waals surface area contributed by atoms with Gasteiger partial charge in [-0.3, -0.25) is 4.79 Å². The summed E-state index contributed by atoms with van der Waals surface area (Å²) in [6.45, 7) is 3.46. The standard InChI is InChI=1S/C6H9NO2/c1-2-4-3-6(4,7)5(8)9/h2,4H,1,3,7H2,(H,8,9). The predicted octanol–water partition coefficient (Wildman–Crippen LogP) is -0.0256. The van der Waals surface area contributed by atoms with E-state index in [9.17, 15) is 4.79 Å². The number of rotatable bonds is 2. The minimum absolute atomic E-state index is 0.0185. The van der Waals surface area contributed by atoms with Crippen LogP contribution in [0.3, 0.4) is 0 Å². The van der Waals surface area contributed by atoms with Crippen LogP contribution in [0.5, 0.6) is 0 Å². The van der Waals surface area contributed by atoms with Crippen molar-refractivity contribution in [2.24, 2.45) is 11.7 Å². The molecule has 3 heteroatoms. The summed E-state index contributed by atoms with van der Waals surface area (Å²) in [7, 11) is 0. The normalized spacial score (nSPS) is 39.9. The molecule has 1 aliphatic rings. The molecule has 0 aliphatic heterocycles. The zero-order chi connectivity index (χ0) is 7.07. The fraction of sp³-hybridized carbons (Fsp3) is 0.500. The molecule has 0 radical (unpaired) electrons. The lowest BCUT2D eigenvalue weighted by atomic mass is 10.2. The highest BCUT2D eigenvalue weighted by molar-refractivity contribution is 5.83. The molecule has 2 atom stereocenters. The quantitative estimate of drug-likeness (QED) is 0.512. The Balaban J connectivity index is 2.62. The Morgan fingerprint density at radius 1 is 2.00 bits per heavy atom. The Morgan fingerprint density at radius 2 is 2.56 bits per heavy atom. The fourth-order valence-electron chi connectivity index (χ4n) is 0.845. The van der Waals surface area contributed by atoms with Crippen LogP contribution in [0, 0.1) is 5.92 Å². The minimum atomic E-state index is -0.984. The Labute approximate surface area is 53.2 Å². The number of aliphatic carboxylic acids is 1. The van der Waals surface area contributed by atoms with Gasteiger partial charge in [0.15, 0.2) is 0 Å². The molecule has 3 N–H and O–H groups in total. The van der Waals surface area contributed by atoms with E-state index in [0.717, 1.165) is 0 Å². The van der Waals surface area contributed by atoms with Crippen molar-refractivity contribution in [3.05, 3.63) is 12.7 Å². The van der Waals surface area contributed by atoms with Crippen molar-refractivity contribution in [2.75, 3.05) is 0 Å². The Morgan fingerprint density at radius 3 is 2.67 bits per heavy atom. The monoisotopic (exact) mass is 127 g/mol. The van der Waals surface area contributed by atoms with Crippen LogP contribution >= 0.6 is 0 Å². The molecule has 0 aromatic heterocycles. The van der Waals surface area contributed by atoms with Crippen molar-refractivity contribution in [1.82, 2.24) is 0 Å². The van der Waals surface area contributed by atoms with Crippen LogP contribution in [0.2, 0.25) is 0 Å². The number of carboxylic acid groups (broad SMARTS) is 1. The van der Waals surface area contributed by atoms with Crippen LogP contribution in [0.1, 0.15) is 6.42 Å². The maximum Gasteiger partial charge on any atom is 0.324 e. The second-order valence-corrected chi connectivity index (χ2v) is 2.39. The third-order valence-corrected chi connectivity index (χ3v) is 1.74. The third-order valence-electron chi connectivity index (χ3n) is 1.74. The highest BCUT2D eigenvalue weighted by Gasteiger charge is 2.55. The highest BCUT2D eigenvalue weighted by atomic mass is 16.4. The molecule has 0 bridgehead atoms. The van der Waals surface area contributed by atoms with E-state index in [0.29, 0.717) is 6.42 Å². The number of carboxylic acids is 1. The number of hydrogen-bond acceptors (Lipinski definition) is 2. The van der Waals surface area contributed by atoms with E-state index in [1.165, 1.54) is 0 Å². The van der Waals surface area contributed by atoms with E-state index in [1.807, 2.05) is 0 Å². The van der Waals surface area contributed by atoms with E-state index in [4.69, 9.17) is 10.8 Å². The van der Waals surface area contributed by atoms with Crippen LogP contribution in [-0.2, 0) is 4.79 Å². The second-order valence-electron chi connectivity index (χ2n) is 2.39. The Bertz CT molecular complexity index is 166. The van der Waals surface area contributed by atoms with E-state index in [-0.39, 0.29) is 5.92 Å². The second kappa shape index (κ2) is 1.57. The van der Waals surface area contributed by atoms with Gasteiger partial charge < -0.3 is 10.8 Å². The molecule has 3 nitrogen and oxygen atoms in total. The molecule has 1 fully saturated rings. The molecule has 2 unspecified atom stereocenters. The molecule has 1 aliphatic carbocycles. The first-order chi connectivity index (χ1) is 4.11. The Kier molecular flexibility index (Phi) is 1.10. The maximum atomic E-state index is 10.3. The highest BCUT2D eigenvalue weighted by Crippen LogP contribution is 2.41. The van der Waals surface area contributed by atoms with E-state index in [2.05, 4.69) is 6.58 Å². The molecular formula is C6H9NO2. The summed E-state index contributed by atoms with van der Waals surface area (Å²) in [6.07, 6.45) is 2.12. The Hall–Kier alpha value is -0.830. The summed E-state index contributed by atoms with van der Waals surface area (Å²) in [5.74, 6) is -0.942. The molecule has 0 amide bonds. The van der Waals surface area contributed by atoms with Crippen molar-refractivity contribution in [3.8, 4) is 0 Å². The molecule has 50 valence electrons. The summed E-state index contributed by atoms with van der Waals surface area (Å²) in [4.78, 5) is 10.3. The molecule has 0 heterocycles. The van der Waals surface area contributed by atoms with E-state index < -0.39 is 11.5 Å². The third kappa shape index (κ3) is 0.733. The first kappa shape index (κ1) is 6.29. The molecule has 9 heavy (non-hydrogen) atoms.